The SMILES string of the molecule is O=C(Cn1cnc2c(cnn2-c2ccccc2Cl)c1=O)N1CCCCC1. The second-order valence-electron chi connectivity index (χ2n) is 6.36. The number of hydrogen-bond acceptors (Lipinski definition) is 4. The predicted molar refractivity (Wildman–Crippen MR) is 98.6 cm³/mol. The number of piperidine rings is 1. The summed E-state index contributed by atoms with van der Waals surface area (Å²) < 4.78 is 2.88. The quantitative estimate of drug-likeness (QED) is 0.707. The molecule has 1 aliphatic heterocycles. The number of benzene rings is 1. The molecule has 0 aliphatic carbocycles. The van der Waals surface area contributed by atoms with Gasteiger partial charge in [0.05, 0.1) is 16.9 Å². The van der Waals surface area contributed by atoms with Crippen molar-refractivity contribution in [3.63, 3.8) is 0 Å². The lowest BCUT2D eigenvalue weighted by molar-refractivity contribution is -0.132. The lowest BCUT2D eigenvalue weighted by atomic mass is 10.1. The minimum Gasteiger partial charge on any atom is -0.341 e. The van der Waals surface area contributed by atoms with Crippen molar-refractivity contribution >= 4 is 28.5 Å². The zero-order chi connectivity index (χ0) is 18.1. The molecular weight excluding hydrogens is 354 g/mol. The molecule has 1 fully saturated rings. The topological polar surface area (TPSA) is 73.0 Å². The van der Waals surface area contributed by atoms with Gasteiger partial charge in [-0.05, 0) is 31.4 Å². The molecule has 4 rings (SSSR count). The van der Waals surface area contributed by atoms with Gasteiger partial charge in [-0.15, -0.1) is 0 Å². The summed E-state index contributed by atoms with van der Waals surface area (Å²) in [4.78, 5) is 31.3. The van der Waals surface area contributed by atoms with Gasteiger partial charge in [0.2, 0.25) is 5.91 Å². The zero-order valence-corrected chi connectivity index (χ0v) is 14.9. The molecule has 0 N–H and O–H groups in total. The molecule has 1 aromatic carbocycles. The van der Waals surface area contributed by atoms with Crippen LogP contribution in [-0.2, 0) is 11.3 Å². The Morgan fingerprint density at radius 1 is 1.15 bits per heavy atom. The number of fused-ring (bicyclic) bond motifs is 1. The van der Waals surface area contributed by atoms with Gasteiger partial charge >= 0.3 is 0 Å². The van der Waals surface area contributed by atoms with Crippen molar-refractivity contribution in [2.24, 2.45) is 0 Å². The molecule has 0 saturated carbocycles. The van der Waals surface area contributed by atoms with Crippen LogP contribution < -0.4 is 5.56 Å². The molecule has 1 amide bonds. The summed E-state index contributed by atoms with van der Waals surface area (Å²) >= 11 is 6.22. The van der Waals surface area contributed by atoms with Crippen LogP contribution in [-0.4, -0.2) is 43.2 Å². The maximum absolute atomic E-state index is 12.7. The monoisotopic (exact) mass is 371 g/mol. The highest BCUT2D eigenvalue weighted by molar-refractivity contribution is 6.32. The van der Waals surface area contributed by atoms with E-state index in [1.807, 2.05) is 23.1 Å². The molecule has 2 aromatic heterocycles. The fourth-order valence-corrected chi connectivity index (χ4v) is 3.47. The number of amides is 1. The molecule has 1 aliphatic rings. The number of hydrogen-bond donors (Lipinski definition) is 0. The maximum Gasteiger partial charge on any atom is 0.264 e. The van der Waals surface area contributed by atoms with Crippen LogP contribution in [0.4, 0.5) is 0 Å². The van der Waals surface area contributed by atoms with Crippen LogP contribution in [0.2, 0.25) is 5.02 Å². The molecule has 8 heteroatoms. The highest BCUT2D eigenvalue weighted by atomic mass is 35.5. The first kappa shape index (κ1) is 16.8. The molecule has 0 bridgehead atoms. The van der Waals surface area contributed by atoms with Crippen LogP contribution in [0.5, 0.6) is 0 Å². The van der Waals surface area contributed by atoms with Crippen LogP contribution in [0.25, 0.3) is 16.7 Å². The smallest absolute Gasteiger partial charge is 0.264 e. The van der Waals surface area contributed by atoms with Crippen LogP contribution in [0.1, 0.15) is 19.3 Å². The van der Waals surface area contributed by atoms with Crippen molar-refractivity contribution in [2.45, 2.75) is 25.8 Å². The van der Waals surface area contributed by atoms with Crippen molar-refractivity contribution < 1.29 is 4.79 Å². The van der Waals surface area contributed by atoms with E-state index >= 15 is 0 Å². The second kappa shape index (κ2) is 6.92. The first-order valence-electron chi connectivity index (χ1n) is 8.61. The molecule has 3 aromatic rings. The van der Waals surface area contributed by atoms with E-state index in [1.54, 1.807) is 6.07 Å². The fraction of sp³-hybridized carbons (Fsp3) is 0.333. The first-order chi connectivity index (χ1) is 12.6. The maximum atomic E-state index is 12.7. The molecule has 0 unspecified atom stereocenters. The molecule has 0 radical (unpaired) electrons. The molecule has 134 valence electrons. The Morgan fingerprint density at radius 3 is 2.69 bits per heavy atom. The van der Waals surface area contributed by atoms with Crippen molar-refractivity contribution in [1.29, 1.82) is 0 Å². The van der Waals surface area contributed by atoms with Crippen LogP contribution in [0.15, 0.2) is 41.6 Å². The molecule has 0 atom stereocenters. The van der Waals surface area contributed by atoms with Gasteiger partial charge in [0.15, 0.2) is 5.65 Å². The van der Waals surface area contributed by atoms with Crippen LogP contribution in [0.3, 0.4) is 0 Å². The van der Waals surface area contributed by atoms with Gasteiger partial charge in [-0.3, -0.25) is 14.2 Å². The summed E-state index contributed by atoms with van der Waals surface area (Å²) in [7, 11) is 0. The number of carbonyl (C=O) groups excluding carboxylic acids is 1. The number of para-hydroxylation sites is 1. The third kappa shape index (κ3) is 2.99. The Hall–Kier alpha value is -2.67. The van der Waals surface area contributed by atoms with Crippen LogP contribution >= 0.6 is 11.6 Å². The van der Waals surface area contributed by atoms with Gasteiger partial charge in [0.1, 0.15) is 18.3 Å². The van der Waals surface area contributed by atoms with Gasteiger partial charge in [-0.1, -0.05) is 23.7 Å². The first-order valence-corrected chi connectivity index (χ1v) is 8.99. The Morgan fingerprint density at radius 2 is 1.92 bits per heavy atom. The predicted octanol–water partition coefficient (Wildman–Crippen LogP) is 2.25. The number of nitrogens with zero attached hydrogens (tertiary/aromatic N) is 5. The Bertz CT molecular complexity index is 1020. The van der Waals surface area contributed by atoms with E-state index in [4.69, 9.17) is 11.6 Å². The van der Waals surface area contributed by atoms with Gasteiger partial charge in [0.25, 0.3) is 5.56 Å². The largest absolute Gasteiger partial charge is 0.341 e. The van der Waals surface area contributed by atoms with E-state index in [9.17, 15) is 9.59 Å². The molecule has 26 heavy (non-hydrogen) atoms. The van der Waals surface area contributed by atoms with Gasteiger partial charge in [-0.2, -0.15) is 5.10 Å². The van der Waals surface area contributed by atoms with Crippen molar-refractivity contribution in [2.75, 3.05) is 13.1 Å². The Balaban J connectivity index is 1.67. The van der Waals surface area contributed by atoms with Crippen LogP contribution in [0, 0.1) is 0 Å². The highest BCUT2D eigenvalue weighted by Gasteiger charge is 2.19. The molecule has 1 saturated heterocycles. The number of likely N-dealkylation sites (tertiary alicyclic amines) is 1. The van der Waals surface area contributed by atoms with Gasteiger partial charge in [0, 0.05) is 13.1 Å². The average molecular weight is 372 g/mol. The number of carbonyl (C=O) groups is 1. The van der Waals surface area contributed by atoms with Gasteiger partial charge < -0.3 is 4.90 Å². The minimum absolute atomic E-state index is 0.000946. The van der Waals surface area contributed by atoms with E-state index in [0.29, 0.717) is 21.7 Å². The number of aromatic nitrogens is 4. The van der Waals surface area contributed by atoms with E-state index in [0.717, 1.165) is 32.4 Å². The Labute approximate surface area is 154 Å². The number of rotatable bonds is 3. The summed E-state index contributed by atoms with van der Waals surface area (Å²) in [5.74, 6) is -0.0496. The fourth-order valence-electron chi connectivity index (χ4n) is 3.25. The van der Waals surface area contributed by atoms with E-state index < -0.39 is 0 Å². The lowest BCUT2D eigenvalue weighted by Gasteiger charge is -2.26. The number of halogens is 1. The summed E-state index contributed by atoms with van der Waals surface area (Å²) in [6.07, 6.45) is 6.06. The zero-order valence-electron chi connectivity index (χ0n) is 14.1. The minimum atomic E-state index is -0.279. The molecule has 7 nitrogen and oxygen atoms in total. The lowest BCUT2D eigenvalue weighted by Crippen LogP contribution is -2.39. The normalized spacial score (nSPS) is 14.7. The van der Waals surface area contributed by atoms with E-state index in [-0.39, 0.29) is 18.0 Å². The standard InChI is InChI=1S/C18H18ClN5O2/c19-14-6-2-3-7-15(14)24-17-13(10-21-24)18(26)23(12-20-17)11-16(25)22-8-4-1-5-9-22/h2-3,6-7,10,12H,1,4-5,8-9,11H2. The van der Waals surface area contributed by atoms with E-state index in [2.05, 4.69) is 10.1 Å². The summed E-state index contributed by atoms with van der Waals surface area (Å²) in [6, 6.07) is 7.22. The third-order valence-electron chi connectivity index (χ3n) is 4.65. The molecular formula is C18H18ClN5O2. The molecule has 3 heterocycles. The summed E-state index contributed by atoms with van der Waals surface area (Å²) in [5, 5.41) is 5.14. The van der Waals surface area contributed by atoms with Crippen molar-refractivity contribution in [3.05, 3.63) is 52.2 Å². The second-order valence-corrected chi connectivity index (χ2v) is 6.77. The summed E-state index contributed by atoms with van der Waals surface area (Å²) in [6.45, 7) is 1.51. The Kier molecular flexibility index (Phi) is 4.46. The van der Waals surface area contributed by atoms with Crippen molar-refractivity contribution in [1.82, 2.24) is 24.2 Å². The van der Waals surface area contributed by atoms with Gasteiger partial charge in [-0.25, -0.2) is 9.67 Å². The van der Waals surface area contributed by atoms with E-state index in [1.165, 1.54) is 21.8 Å². The summed E-state index contributed by atoms with van der Waals surface area (Å²) in [5.41, 5.74) is 0.793. The molecule has 0 spiro atoms. The highest BCUT2D eigenvalue weighted by Crippen LogP contribution is 2.21. The average Bonchev–Trinajstić information content (AvgIpc) is 3.10. The van der Waals surface area contributed by atoms with Crippen molar-refractivity contribution in [3.8, 4) is 5.69 Å². The third-order valence-corrected chi connectivity index (χ3v) is 4.97.